The number of aliphatic hydroxyl groups is 1. The van der Waals surface area contributed by atoms with Gasteiger partial charge >= 0.3 is 0 Å². The third kappa shape index (κ3) is 5.01. The molecule has 4 nitrogen and oxygen atoms in total. The summed E-state index contributed by atoms with van der Waals surface area (Å²) in [6.07, 6.45) is -0.519. The maximum atomic E-state index is 11.4. The van der Waals surface area contributed by atoms with Crippen molar-refractivity contribution in [2.45, 2.75) is 26.9 Å². The van der Waals surface area contributed by atoms with Crippen LogP contribution in [0.2, 0.25) is 0 Å². The van der Waals surface area contributed by atoms with Crippen LogP contribution in [-0.2, 0) is 0 Å². The van der Waals surface area contributed by atoms with Crippen LogP contribution in [0.25, 0.3) is 0 Å². The first kappa shape index (κ1) is 15.7. The first-order chi connectivity index (χ1) is 9.08. The predicted octanol–water partition coefficient (Wildman–Crippen LogP) is 0.554. The predicted molar refractivity (Wildman–Crippen MR) is 74.9 cm³/mol. The Bertz CT molecular complexity index is 402. The number of hydrogen-bond donors (Lipinski definition) is 2. The summed E-state index contributed by atoms with van der Waals surface area (Å²) in [4.78, 5) is 12.8. The van der Waals surface area contributed by atoms with Gasteiger partial charge in [-0.05, 0) is 32.9 Å². The number of ether oxygens (including phenoxy) is 1. The summed E-state index contributed by atoms with van der Waals surface area (Å²) < 4.78 is 5.57. The van der Waals surface area contributed by atoms with Crippen molar-refractivity contribution in [2.75, 3.05) is 26.2 Å². The fourth-order valence-corrected chi connectivity index (χ4v) is 2.00. The van der Waals surface area contributed by atoms with E-state index >= 15 is 0 Å². The molecule has 0 aromatic heterocycles. The van der Waals surface area contributed by atoms with Crippen molar-refractivity contribution in [1.29, 1.82) is 0 Å². The first-order valence-electron chi connectivity index (χ1n) is 6.82. The second-order valence-electron chi connectivity index (χ2n) is 4.68. The molecule has 0 saturated carbocycles. The van der Waals surface area contributed by atoms with E-state index in [0.717, 1.165) is 13.1 Å². The van der Waals surface area contributed by atoms with Crippen molar-refractivity contribution in [3.8, 4) is 5.75 Å². The van der Waals surface area contributed by atoms with Crippen molar-refractivity contribution in [3.63, 3.8) is 0 Å². The number of Topliss-reactive ketones (excluding diaryl/α,β-unsaturated/α-hetero) is 1. The SMILES string of the molecule is CC[NH+](CC)C[C@@H](O)COc1ccccc1C(C)=O. The minimum atomic E-state index is -0.519. The van der Waals surface area contributed by atoms with E-state index in [1.165, 1.54) is 11.8 Å². The number of carbonyl (C=O) groups is 1. The molecule has 19 heavy (non-hydrogen) atoms. The number of rotatable bonds is 8. The molecular formula is C15H24NO3+. The molecule has 0 saturated heterocycles. The van der Waals surface area contributed by atoms with Crippen molar-refractivity contribution >= 4 is 5.78 Å². The van der Waals surface area contributed by atoms with Crippen LogP contribution in [0.3, 0.4) is 0 Å². The number of quaternary nitrogens is 1. The maximum Gasteiger partial charge on any atom is 0.163 e. The zero-order valence-corrected chi connectivity index (χ0v) is 12.0. The number of aliphatic hydroxyl groups excluding tert-OH is 1. The van der Waals surface area contributed by atoms with Gasteiger partial charge in [-0.2, -0.15) is 0 Å². The normalized spacial score (nSPS) is 12.5. The third-order valence-electron chi connectivity index (χ3n) is 3.22. The summed E-state index contributed by atoms with van der Waals surface area (Å²) in [6, 6.07) is 7.12. The summed E-state index contributed by atoms with van der Waals surface area (Å²) in [6.45, 7) is 8.55. The van der Waals surface area contributed by atoms with Crippen molar-refractivity contribution in [1.82, 2.24) is 0 Å². The lowest BCUT2D eigenvalue weighted by Gasteiger charge is -2.20. The fourth-order valence-electron chi connectivity index (χ4n) is 2.00. The van der Waals surface area contributed by atoms with Crippen LogP contribution in [-0.4, -0.2) is 43.2 Å². The largest absolute Gasteiger partial charge is 0.490 e. The van der Waals surface area contributed by atoms with E-state index in [4.69, 9.17) is 4.74 Å². The number of ketones is 1. The van der Waals surface area contributed by atoms with Gasteiger partial charge in [0.1, 0.15) is 25.0 Å². The van der Waals surface area contributed by atoms with E-state index in [2.05, 4.69) is 13.8 Å². The van der Waals surface area contributed by atoms with Crippen molar-refractivity contribution in [2.24, 2.45) is 0 Å². The second-order valence-corrected chi connectivity index (χ2v) is 4.68. The molecule has 1 aromatic carbocycles. The van der Waals surface area contributed by atoms with Gasteiger partial charge in [-0.25, -0.2) is 0 Å². The quantitative estimate of drug-likeness (QED) is 0.676. The van der Waals surface area contributed by atoms with E-state index in [9.17, 15) is 9.90 Å². The molecule has 0 amide bonds. The average Bonchev–Trinajstić information content (AvgIpc) is 2.42. The molecule has 1 atom stereocenters. The van der Waals surface area contributed by atoms with Gasteiger partial charge in [-0.3, -0.25) is 4.79 Å². The molecule has 1 rings (SSSR count). The smallest absolute Gasteiger partial charge is 0.163 e. The molecular weight excluding hydrogens is 242 g/mol. The Labute approximate surface area is 115 Å². The monoisotopic (exact) mass is 266 g/mol. The van der Waals surface area contributed by atoms with E-state index in [-0.39, 0.29) is 12.4 Å². The van der Waals surface area contributed by atoms with E-state index in [0.29, 0.717) is 17.9 Å². The summed E-state index contributed by atoms with van der Waals surface area (Å²) in [5.74, 6) is 0.517. The van der Waals surface area contributed by atoms with Gasteiger partial charge in [0.15, 0.2) is 5.78 Å². The van der Waals surface area contributed by atoms with Crippen LogP contribution in [0.5, 0.6) is 5.75 Å². The Morgan fingerprint density at radius 3 is 2.53 bits per heavy atom. The highest BCUT2D eigenvalue weighted by molar-refractivity contribution is 5.96. The highest BCUT2D eigenvalue weighted by Crippen LogP contribution is 2.18. The Kier molecular flexibility index (Phi) is 6.53. The Hall–Kier alpha value is -1.39. The van der Waals surface area contributed by atoms with Crippen LogP contribution >= 0.6 is 0 Å². The van der Waals surface area contributed by atoms with Gasteiger partial charge in [0.25, 0.3) is 0 Å². The molecule has 0 unspecified atom stereocenters. The number of para-hydroxylation sites is 1. The van der Waals surface area contributed by atoms with Gasteiger partial charge in [-0.1, -0.05) is 12.1 Å². The first-order valence-corrected chi connectivity index (χ1v) is 6.82. The zero-order chi connectivity index (χ0) is 14.3. The summed E-state index contributed by atoms with van der Waals surface area (Å²) >= 11 is 0. The topological polar surface area (TPSA) is 51.0 Å². The molecule has 0 aliphatic carbocycles. The highest BCUT2D eigenvalue weighted by Gasteiger charge is 2.14. The summed E-state index contributed by atoms with van der Waals surface area (Å²) in [5, 5.41) is 9.94. The summed E-state index contributed by atoms with van der Waals surface area (Å²) in [5.41, 5.74) is 0.560. The standard InChI is InChI=1S/C15H23NO3/c1-4-16(5-2)10-13(18)11-19-15-9-7-6-8-14(15)12(3)17/h6-9,13,18H,4-5,10-11H2,1-3H3/p+1/t13-/m1/s1. The third-order valence-corrected chi connectivity index (χ3v) is 3.22. The molecule has 106 valence electrons. The molecule has 0 aliphatic heterocycles. The van der Waals surface area contributed by atoms with Gasteiger partial charge in [-0.15, -0.1) is 0 Å². The maximum absolute atomic E-state index is 11.4. The van der Waals surface area contributed by atoms with Crippen LogP contribution in [0.4, 0.5) is 0 Å². The van der Waals surface area contributed by atoms with Crippen LogP contribution in [0.1, 0.15) is 31.1 Å². The molecule has 0 radical (unpaired) electrons. The number of carbonyl (C=O) groups excluding carboxylic acids is 1. The highest BCUT2D eigenvalue weighted by atomic mass is 16.5. The van der Waals surface area contributed by atoms with E-state index in [1.807, 2.05) is 6.07 Å². The van der Waals surface area contributed by atoms with Crippen molar-refractivity contribution < 1.29 is 19.5 Å². The fraction of sp³-hybridized carbons (Fsp3) is 0.533. The molecule has 0 aliphatic rings. The van der Waals surface area contributed by atoms with Crippen LogP contribution < -0.4 is 9.64 Å². The lowest BCUT2D eigenvalue weighted by molar-refractivity contribution is -0.899. The van der Waals surface area contributed by atoms with Gasteiger partial charge < -0.3 is 14.7 Å². The Morgan fingerprint density at radius 1 is 1.32 bits per heavy atom. The van der Waals surface area contributed by atoms with E-state index < -0.39 is 6.10 Å². The number of hydrogen-bond acceptors (Lipinski definition) is 3. The lowest BCUT2D eigenvalue weighted by atomic mass is 10.1. The molecule has 2 N–H and O–H groups in total. The van der Waals surface area contributed by atoms with Gasteiger partial charge in [0.05, 0.1) is 18.7 Å². The molecule has 4 heteroatoms. The number of benzene rings is 1. The molecule has 1 aromatic rings. The van der Waals surface area contributed by atoms with Gasteiger partial charge in [0.2, 0.25) is 0 Å². The van der Waals surface area contributed by atoms with Crippen LogP contribution in [0, 0.1) is 0 Å². The molecule has 0 bridgehead atoms. The zero-order valence-electron chi connectivity index (χ0n) is 12.0. The molecule has 0 spiro atoms. The average molecular weight is 266 g/mol. The molecule has 0 heterocycles. The van der Waals surface area contributed by atoms with E-state index in [1.54, 1.807) is 18.2 Å². The second kappa shape index (κ2) is 7.92. The lowest BCUT2D eigenvalue weighted by Crippen LogP contribution is -3.12. The van der Waals surface area contributed by atoms with Crippen molar-refractivity contribution in [3.05, 3.63) is 29.8 Å². The van der Waals surface area contributed by atoms with Gasteiger partial charge in [0, 0.05) is 0 Å². The Morgan fingerprint density at radius 2 is 1.95 bits per heavy atom. The summed E-state index contributed by atoms with van der Waals surface area (Å²) in [7, 11) is 0. The Balaban J connectivity index is 2.55. The minimum absolute atomic E-state index is 0.0283. The van der Waals surface area contributed by atoms with Crippen LogP contribution in [0.15, 0.2) is 24.3 Å². The molecule has 0 fully saturated rings. The minimum Gasteiger partial charge on any atom is -0.490 e. The number of nitrogens with one attached hydrogen (secondary N) is 1. The number of likely N-dealkylation sites (N-methyl/N-ethyl adjacent to an activating group) is 1.